The summed E-state index contributed by atoms with van der Waals surface area (Å²) in [6.07, 6.45) is 0. The minimum absolute atomic E-state index is 0.600. The third-order valence-corrected chi connectivity index (χ3v) is 7.49. The van der Waals surface area contributed by atoms with Crippen LogP contribution in [0.4, 0.5) is 0 Å². The van der Waals surface area contributed by atoms with E-state index in [4.69, 9.17) is 14.4 Å². The number of nitrogens with zero attached hydrogens (tertiary/aromatic N) is 3. The number of benzene rings is 5. The summed E-state index contributed by atoms with van der Waals surface area (Å²) in [5.41, 5.74) is 7.67. The molecule has 0 spiro atoms. The first kappa shape index (κ1) is 21.5. The molecule has 4 nitrogen and oxygen atoms in total. The Morgan fingerprint density at radius 3 is 2.03 bits per heavy atom. The Labute approximate surface area is 223 Å². The number of rotatable bonds is 2. The highest BCUT2D eigenvalue weighted by molar-refractivity contribution is 6.20. The van der Waals surface area contributed by atoms with E-state index in [1.807, 2.05) is 48.5 Å². The third kappa shape index (κ3) is 3.24. The fourth-order valence-corrected chi connectivity index (χ4v) is 5.64. The number of fused-ring (bicyclic) bond motifs is 8. The summed E-state index contributed by atoms with van der Waals surface area (Å²) >= 11 is 0. The van der Waals surface area contributed by atoms with E-state index in [0.717, 1.165) is 71.4 Å². The van der Waals surface area contributed by atoms with Crippen LogP contribution in [0.15, 0.2) is 120 Å². The highest BCUT2D eigenvalue weighted by Gasteiger charge is 2.18. The molecule has 0 amide bonds. The summed E-state index contributed by atoms with van der Waals surface area (Å²) in [5, 5.41) is 15.7. The molecule has 0 radical (unpaired) electrons. The first-order valence-corrected chi connectivity index (χ1v) is 12.8. The lowest BCUT2D eigenvalue weighted by atomic mass is 9.96. The van der Waals surface area contributed by atoms with E-state index in [2.05, 4.69) is 72.8 Å². The predicted octanol–water partition coefficient (Wildman–Crippen LogP) is 9.04. The van der Waals surface area contributed by atoms with Gasteiger partial charge in [0.2, 0.25) is 0 Å². The molecule has 180 valence electrons. The van der Waals surface area contributed by atoms with Crippen LogP contribution in [0.2, 0.25) is 0 Å². The van der Waals surface area contributed by atoms with Gasteiger partial charge in [-0.3, -0.25) is 0 Å². The van der Waals surface area contributed by atoms with Gasteiger partial charge in [-0.1, -0.05) is 84.9 Å². The summed E-state index contributed by atoms with van der Waals surface area (Å²) in [6.45, 7) is 0. The molecule has 4 heteroatoms. The topological polar surface area (TPSA) is 62.7 Å². The van der Waals surface area contributed by atoms with E-state index in [9.17, 15) is 5.26 Å². The number of furan rings is 1. The van der Waals surface area contributed by atoms with E-state index in [1.165, 1.54) is 0 Å². The Bertz CT molecular complexity index is 2290. The fourth-order valence-electron chi connectivity index (χ4n) is 5.64. The van der Waals surface area contributed by atoms with Crippen molar-refractivity contribution in [1.29, 1.82) is 5.26 Å². The largest absolute Gasteiger partial charge is 0.455 e. The standard InChI is InChI=1S/C35H19N3O/c36-20-24-9-6-12-31-32(24)28-19-27(25-10-4-5-11-26(25)35(28)39-31)30-18-16-23-14-13-22-15-17-29(21-7-2-1-3-8-21)37-33(22)34(23)38-30/h1-19H. The Morgan fingerprint density at radius 1 is 0.590 bits per heavy atom. The van der Waals surface area contributed by atoms with E-state index in [0.29, 0.717) is 11.1 Å². The average Bonchev–Trinajstić information content (AvgIpc) is 3.40. The van der Waals surface area contributed by atoms with Gasteiger partial charge in [0.1, 0.15) is 11.2 Å². The molecule has 0 bridgehead atoms. The van der Waals surface area contributed by atoms with Crippen molar-refractivity contribution in [2.24, 2.45) is 0 Å². The second-order valence-corrected chi connectivity index (χ2v) is 9.71. The Balaban J connectivity index is 1.44. The number of hydrogen-bond donors (Lipinski definition) is 0. The predicted molar refractivity (Wildman–Crippen MR) is 157 cm³/mol. The molecule has 0 saturated carbocycles. The molecule has 0 N–H and O–H groups in total. The van der Waals surface area contributed by atoms with Crippen molar-refractivity contribution in [3.63, 3.8) is 0 Å². The maximum absolute atomic E-state index is 9.83. The van der Waals surface area contributed by atoms with Crippen LogP contribution in [0.5, 0.6) is 0 Å². The fraction of sp³-hybridized carbons (Fsp3) is 0. The first-order valence-electron chi connectivity index (χ1n) is 12.8. The summed E-state index contributed by atoms with van der Waals surface area (Å²) in [7, 11) is 0. The van der Waals surface area contributed by atoms with Crippen LogP contribution in [-0.4, -0.2) is 9.97 Å². The Kier molecular flexibility index (Phi) is 4.55. The lowest BCUT2D eigenvalue weighted by Gasteiger charge is -2.10. The van der Waals surface area contributed by atoms with Crippen molar-refractivity contribution in [2.45, 2.75) is 0 Å². The molecular formula is C35H19N3O. The average molecular weight is 498 g/mol. The van der Waals surface area contributed by atoms with Gasteiger partial charge in [-0.05, 0) is 35.7 Å². The monoisotopic (exact) mass is 497 g/mol. The molecule has 0 fully saturated rings. The van der Waals surface area contributed by atoms with Gasteiger partial charge in [0, 0.05) is 38.1 Å². The highest BCUT2D eigenvalue weighted by atomic mass is 16.3. The van der Waals surface area contributed by atoms with Crippen LogP contribution in [-0.2, 0) is 0 Å². The minimum atomic E-state index is 0.600. The molecule has 3 heterocycles. The van der Waals surface area contributed by atoms with Crippen LogP contribution < -0.4 is 0 Å². The van der Waals surface area contributed by atoms with Gasteiger partial charge < -0.3 is 4.42 Å². The van der Waals surface area contributed by atoms with Crippen molar-refractivity contribution < 1.29 is 4.42 Å². The quantitative estimate of drug-likeness (QED) is 0.224. The molecule has 0 aliphatic heterocycles. The molecule has 0 aliphatic rings. The molecule has 0 saturated heterocycles. The molecule has 5 aromatic carbocycles. The Hall–Kier alpha value is -5.53. The number of aromatic nitrogens is 2. The summed E-state index contributed by atoms with van der Waals surface area (Å²) < 4.78 is 6.30. The van der Waals surface area contributed by atoms with Crippen LogP contribution in [0.3, 0.4) is 0 Å². The van der Waals surface area contributed by atoms with Crippen LogP contribution in [0.25, 0.3) is 77.0 Å². The maximum Gasteiger partial charge on any atom is 0.143 e. The van der Waals surface area contributed by atoms with Gasteiger partial charge in [0.05, 0.1) is 34.1 Å². The van der Waals surface area contributed by atoms with E-state index in [-0.39, 0.29) is 0 Å². The zero-order valence-corrected chi connectivity index (χ0v) is 20.7. The minimum Gasteiger partial charge on any atom is -0.455 e. The van der Waals surface area contributed by atoms with Crippen LogP contribution in [0.1, 0.15) is 5.56 Å². The van der Waals surface area contributed by atoms with Crippen molar-refractivity contribution in [3.8, 4) is 28.6 Å². The smallest absolute Gasteiger partial charge is 0.143 e. The van der Waals surface area contributed by atoms with Crippen LogP contribution in [0, 0.1) is 11.3 Å². The van der Waals surface area contributed by atoms with Gasteiger partial charge in [0.25, 0.3) is 0 Å². The molecule has 3 aromatic heterocycles. The number of hydrogen-bond acceptors (Lipinski definition) is 4. The zero-order valence-electron chi connectivity index (χ0n) is 20.7. The van der Waals surface area contributed by atoms with Gasteiger partial charge in [-0.2, -0.15) is 5.26 Å². The lowest BCUT2D eigenvalue weighted by molar-refractivity contribution is 0.672. The second kappa shape index (κ2) is 8.24. The molecule has 0 atom stereocenters. The molecule has 8 aromatic rings. The second-order valence-electron chi connectivity index (χ2n) is 9.71. The van der Waals surface area contributed by atoms with Crippen molar-refractivity contribution in [3.05, 3.63) is 121 Å². The maximum atomic E-state index is 9.83. The van der Waals surface area contributed by atoms with Crippen molar-refractivity contribution >= 4 is 54.5 Å². The van der Waals surface area contributed by atoms with E-state index in [1.54, 1.807) is 0 Å². The summed E-state index contributed by atoms with van der Waals surface area (Å²) in [6, 6.07) is 41.0. The summed E-state index contributed by atoms with van der Waals surface area (Å²) in [4.78, 5) is 10.3. The SMILES string of the molecule is N#Cc1cccc2oc3c4ccccc4c(-c4ccc5ccc6ccc(-c7ccccc7)nc6c5n4)cc3c12. The lowest BCUT2D eigenvalue weighted by Crippen LogP contribution is -1.92. The molecule has 39 heavy (non-hydrogen) atoms. The first-order chi connectivity index (χ1) is 19.3. The van der Waals surface area contributed by atoms with Gasteiger partial charge in [-0.15, -0.1) is 0 Å². The number of pyridine rings is 2. The van der Waals surface area contributed by atoms with Gasteiger partial charge in [-0.25, -0.2) is 9.97 Å². The molecular weight excluding hydrogens is 478 g/mol. The van der Waals surface area contributed by atoms with E-state index >= 15 is 0 Å². The van der Waals surface area contributed by atoms with Crippen LogP contribution >= 0.6 is 0 Å². The van der Waals surface area contributed by atoms with Gasteiger partial charge in [0.15, 0.2) is 0 Å². The molecule has 8 rings (SSSR count). The zero-order chi connectivity index (χ0) is 25.9. The van der Waals surface area contributed by atoms with Crippen molar-refractivity contribution in [2.75, 3.05) is 0 Å². The third-order valence-electron chi connectivity index (χ3n) is 7.49. The van der Waals surface area contributed by atoms with Crippen molar-refractivity contribution in [1.82, 2.24) is 9.97 Å². The summed E-state index contributed by atoms with van der Waals surface area (Å²) in [5.74, 6) is 0. The molecule has 0 aliphatic carbocycles. The normalized spacial score (nSPS) is 11.6. The van der Waals surface area contributed by atoms with Gasteiger partial charge >= 0.3 is 0 Å². The Morgan fingerprint density at radius 2 is 1.26 bits per heavy atom. The highest BCUT2D eigenvalue weighted by Crippen LogP contribution is 2.40. The molecule has 0 unspecified atom stereocenters. The van der Waals surface area contributed by atoms with E-state index < -0.39 is 0 Å². The number of nitriles is 1.